The van der Waals surface area contributed by atoms with Crippen LogP contribution in [0.4, 0.5) is 4.79 Å². The molecule has 4 nitrogen and oxygen atoms in total. The Kier molecular flexibility index (Phi) is 8.07. The van der Waals surface area contributed by atoms with Crippen molar-refractivity contribution in [3.05, 3.63) is 0 Å². The summed E-state index contributed by atoms with van der Waals surface area (Å²) in [5.41, 5.74) is -0.448. The number of ether oxygens (including phenoxy) is 1. The van der Waals surface area contributed by atoms with E-state index in [1.807, 2.05) is 20.8 Å². The van der Waals surface area contributed by atoms with Crippen LogP contribution < -0.4 is 10.6 Å². The fraction of sp³-hybridized carbons (Fsp3) is 0.933. The average molecular weight is 272 g/mol. The van der Waals surface area contributed by atoms with E-state index in [-0.39, 0.29) is 12.1 Å². The minimum Gasteiger partial charge on any atom is -0.444 e. The van der Waals surface area contributed by atoms with Crippen LogP contribution in [0.1, 0.15) is 54.9 Å². The number of carbonyl (C=O) groups excluding carboxylic acids is 1. The normalized spacial score (nSPS) is 13.7. The average Bonchev–Trinajstić information content (AvgIpc) is 2.19. The summed E-state index contributed by atoms with van der Waals surface area (Å²) in [7, 11) is 0. The van der Waals surface area contributed by atoms with Crippen molar-refractivity contribution in [3.8, 4) is 0 Å². The molecule has 0 saturated carbocycles. The van der Waals surface area contributed by atoms with Crippen molar-refractivity contribution in [1.82, 2.24) is 10.6 Å². The largest absolute Gasteiger partial charge is 0.444 e. The van der Waals surface area contributed by atoms with Crippen LogP contribution in [-0.4, -0.2) is 30.8 Å². The molecule has 1 atom stereocenters. The number of carbonyl (C=O) groups is 1. The van der Waals surface area contributed by atoms with Crippen molar-refractivity contribution in [1.29, 1.82) is 0 Å². The van der Waals surface area contributed by atoms with Gasteiger partial charge >= 0.3 is 6.09 Å². The summed E-state index contributed by atoms with van der Waals surface area (Å²) in [6.07, 6.45) is 0.814. The molecule has 4 heteroatoms. The summed E-state index contributed by atoms with van der Waals surface area (Å²) in [4.78, 5) is 11.8. The van der Waals surface area contributed by atoms with Crippen LogP contribution in [0.3, 0.4) is 0 Å². The van der Waals surface area contributed by atoms with Gasteiger partial charge in [-0.2, -0.15) is 0 Å². The monoisotopic (exact) mass is 272 g/mol. The van der Waals surface area contributed by atoms with Crippen molar-refractivity contribution in [2.45, 2.75) is 66.5 Å². The van der Waals surface area contributed by atoms with Gasteiger partial charge in [-0.05, 0) is 45.6 Å². The van der Waals surface area contributed by atoms with E-state index < -0.39 is 5.60 Å². The second-order valence-electron chi connectivity index (χ2n) is 6.88. The molecule has 0 aliphatic carbocycles. The van der Waals surface area contributed by atoms with Gasteiger partial charge in [0.2, 0.25) is 0 Å². The third-order valence-electron chi connectivity index (χ3n) is 2.77. The SMILES string of the molecule is CC(C)CCNCC(NC(=O)OC(C)(C)C)C(C)C. The van der Waals surface area contributed by atoms with Crippen LogP contribution in [0.5, 0.6) is 0 Å². The van der Waals surface area contributed by atoms with E-state index in [0.717, 1.165) is 19.5 Å². The molecule has 0 bridgehead atoms. The minimum absolute atomic E-state index is 0.0991. The number of amides is 1. The van der Waals surface area contributed by atoms with Crippen molar-refractivity contribution in [3.63, 3.8) is 0 Å². The number of alkyl carbamates (subject to hydrolysis) is 1. The molecule has 0 aromatic heterocycles. The van der Waals surface area contributed by atoms with E-state index in [2.05, 4.69) is 38.3 Å². The van der Waals surface area contributed by atoms with Gasteiger partial charge in [-0.15, -0.1) is 0 Å². The maximum atomic E-state index is 11.8. The number of hydrogen-bond acceptors (Lipinski definition) is 3. The maximum Gasteiger partial charge on any atom is 0.407 e. The van der Waals surface area contributed by atoms with Crippen LogP contribution in [0, 0.1) is 11.8 Å². The van der Waals surface area contributed by atoms with Gasteiger partial charge in [0.15, 0.2) is 0 Å². The van der Waals surface area contributed by atoms with Crippen molar-refractivity contribution in [2.24, 2.45) is 11.8 Å². The third kappa shape index (κ3) is 10.8. The maximum absolute atomic E-state index is 11.8. The Morgan fingerprint density at radius 1 is 1.16 bits per heavy atom. The van der Waals surface area contributed by atoms with Gasteiger partial charge in [-0.3, -0.25) is 0 Å². The molecular weight excluding hydrogens is 240 g/mol. The number of hydrogen-bond donors (Lipinski definition) is 2. The molecule has 2 N–H and O–H groups in total. The Hall–Kier alpha value is -0.770. The predicted octanol–water partition coefficient (Wildman–Crippen LogP) is 3.17. The van der Waals surface area contributed by atoms with Gasteiger partial charge in [0.05, 0.1) is 0 Å². The molecule has 0 rings (SSSR count). The fourth-order valence-electron chi connectivity index (χ4n) is 1.56. The molecule has 0 aromatic rings. The molecule has 1 amide bonds. The Balaban J connectivity index is 4.09. The highest BCUT2D eigenvalue weighted by Gasteiger charge is 2.21. The number of rotatable bonds is 7. The van der Waals surface area contributed by atoms with Crippen molar-refractivity contribution < 1.29 is 9.53 Å². The summed E-state index contributed by atoms with van der Waals surface area (Å²) >= 11 is 0. The Morgan fingerprint density at radius 2 is 1.74 bits per heavy atom. The summed E-state index contributed by atoms with van der Waals surface area (Å²) in [5.74, 6) is 1.07. The zero-order chi connectivity index (χ0) is 15.1. The van der Waals surface area contributed by atoms with E-state index in [1.165, 1.54) is 0 Å². The first kappa shape index (κ1) is 18.2. The molecular formula is C15H32N2O2. The first-order valence-corrected chi connectivity index (χ1v) is 7.32. The molecule has 0 aliphatic heterocycles. The van der Waals surface area contributed by atoms with Gasteiger partial charge in [0.1, 0.15) is 5.60 Å². The highest BCUT2D eigenvalue weighted by molar-refractivity contribution is 5.68. The Labute approximate surface area is 118 Å². The van der Waals surface area contributed by atoms with Crippen LogP contribution in [0.15, 0.2) is 0 Å². The van der Waals surface area contributed by atoms with Gasteiger partial charge in [-0.1, -0.05) is 27.7 Å². The zero-order valence-electron chi connectivity index (χ0n) is 13.7. The summed E-state index contributed by atoms with van der Waals surface area (Å²) in [5, 5.41) is 6.33. The lowest BCUT2D eigenvalue weighted by atomic mass is 10.0. The number of nitrogens with one attached hydrogen (secondary N) is 2. The smallest absolute Gasteiger partial charge is 0.407 e. The quantitative estimate of drug-likeness (QED) is 0.700. The minimum atomic E-state index is -0.448. The van der Waals surface area contributed by atoms with E-state index in [0.29, 0.717) is 11.8 Å². The summed E-state index contributed by atoms with van der Waals surface area (Å²) in [6, 6.07) is 0.0991. The highest BCUT2D eigenvalue weighted by atomic mass is 16.6. The molecule has 0 aromatic carbocycles. The Bertz CT molecular complexity index is 257. The van der Waals surface area contributed by atoms with Gasteiger partial charge in [0.25, 0.3) is 0 Å². The van der Waals surface area contributed by atoms with Crippen molar-refractivity contribution in [2.75, 3.05) is 13.1 Å². The fourth-order valence-corrected chi connectivity index (χ4v) is 1.56. The van der Waals surface area contributed by atoms with E-state index >= 15 is 0 Å². The van der Waals surface area contributed by atoms with Crippen LogP contribution >= 0.6 is 0 Å². The van der Waals surface area contributed by atoms with Crippen LogP contribution in [0.25, 0.3) is 0 Å². The topological polar surface area (TPSA) is 50.4 Å². The third-order valence-corrected chi connectivity index (χ3v) is 2.77. The van der Waals surface area contributed by atoms with Gasteiger partial charge in [-0.25, -0.2) is 4.79 Å². The van der Waals surface area contributed by atoms with Crippen LogP contribution in [0.2, 0.25) is 0 Å². The lowest BCUT2D eigenvalue weighted by molar-refractivity contribution is 0.0490. The van der Waals surface area contributed by atoms with Crippen molar-refractivity contribution >= 4 is 6.09 Å². The highest BCUT2D eigenvalue weighted by Crippen LogP contribution is 2.08. The molecule has 114 valence electrons. The van der Waals surface area contributed by atoms with E-state index in [4.69, 9.17) is 4.74 Å². The first-order valence-electron chi connectivity index (χ1n) is 7.32. The molecule has 0 heterocycles. The first-order chi connectivity index (χ1) is 8.61. The molecule has 1 unspecified atom stereocenters. The molecule has 19 heavy (non-hydrogen) atoms. The predicted molar refractivity (Wildman–Crippen MR) is 80.3 cm³/mol. The molecule has 0 aliphatic rings. The van der Waals surface area contributed by atoms with Gasteiger partial charge in [0, 0.05) is 12.6 Å². The summed E-state index contributed by atoms with van der Waals surface area (Å²) < 4.78 is 5.29. The van der Waals surface area contributed by atoms with E-state index in [1.54, 1.807) is 0 Å². The van der Waals surface area contributed by atoms with E-state index in [9.17, 15) is 4.79 Å². The molecule has 0 saturated heterocycles. The molecule has 0 radical (unpaired) electrons. The molecule has 0 fully saturated rings. The van der Waals surface area contributed by atoms with Crippen LogP contribution in [-0.2, 0) is 4.74 Å². The Morgan fingerprint density at radius 3 is 2.16 bits per heavy atom. The lowest BCUT2D eigenvalue weighted by Gasteiger charge is -2.26. The van der Waals surface area contributed by atoms with Gasteiger partial charge < -0.3 is 15.4 Å². The standard InChI is InChI=1S/C15H32N2O2/c1-11(2)8-9-16-10-13(12(3)4)17-14(18)19-15(5,6)7/h11-13,16H,8-10H2,1-7H3,(H,17,18). The molecule has 0 spiro atoms. The zero-order valence-corrected chi connectivity index (χ0v) is 13.7. The second-order valence-corrected chi connectivity index (χ2v) is 6.88. The second kappa shape index (κ2) is 8.41. The lowest BCUT2D eigenvalue weighted by Crippen LogP contribution is -2.47. The summed E-state index contributed by atoms with van der Waals surface area (Å²) in [6.45, 7) is 16.0.